The van der Waals surface area contributed by atoms with Gasteiger partial charge in [0.2, 0.25) is 5.91 Å². The summed E-state index contributed by atoms with van der Waals surface area (Å²) in [6.07, 6.45) is 3.92. The Labute approximate surface area is 251 Å². The molecule has 2 atom stereocenters. The molecule has 2 aromatic carbocycles. The first-order valence-corrected chi connectivity index (χ1v) is 14.1. The quantitative estimate of drug-likeness (QED) is 0.0641. The second-order valence-corrected chi connectivity index (χ2v) is 10.1. The number of aliphatic hydroxyl groups is 1. The van der Waals surface area contributed by atoms with Crippen LogP contribution in [-0.2, 0) is 28.6 Å². The molecule has 44 heavy (non-hydrogen) atoms. The first kappa shape index (κ1) is 32.1. The number of hydrogen-bond acceptors (Lipinski definition) is 10. The van der Waals surface area contributed by atoms with Crippen molar-refractivity contribution in [2.24, 2.45) is 0 Å². The number of unbranched alkanes of at least 4 members (excludes halogenated alkanes) is 3. The van der Waals surface area contributed by atoms with Crippen molar-refractivity contribution in [1.29, 1.82) is 0 Å². The van der Waals surface area contributed by atoms with E-state index in [2.05, 4.69) is 15.5 Å². The highest BCUT2D eigenvalue weighted by atomic mass is 19.3. The van der Waals surface area contributed by atoms with Crippen molar-refractivity contribution in [3.05, 3.63) is 88.3 Å². The summed E-state index contributed by atoms with van der Waals surface area (Å²) in [6.45, 7) is 0.188. The number of hydrogen-bond donors (Lipinski definition) is 1. The minimum atomic E-state index is -3.45. The third-order valence-corrected chi connectivity index (χ3v) is 7.13. The van der Waals surface area contributed by atoms with Gasteiger partial charge in [-0.3, -0.25) is 14.9 Å². The summed E-state index contributed by atoms with van der Waals surface area (Å²) in [7, 11) is 0. The summed E-state index contributed by atoms with van der Waals surface area (Å²) in [5.41, 5.74) is -0.421. The molecular formula is C29H32F2N6O7. The number of nitro benzene ring substituents is 1. The van der Waals surface area contributed by atoms with Crippen LogP contribution in [0.3, 0.4) is 0 Å². The van der Waals surface area contributed by atoms with E-state index in [1.54, 1.807) is 11.0 Å². The van der Waals surface area contributed by atoms with E-state index in [1.807, 2.05) is 0 Å². The fraction of sp³-hybridized carbons (Fsp3) is 0.414. The second-order valence-electron chi connectivity index (χ2n) is 10.1. The molecule has 3 aromatic rings. The van der Waals surface area contributed by atoms with Crippen LogP contribution in [0.4, 0.5) is 19.3 Å². The largest absolute Gasteiger partial charge is 0.515 e. The van der Waals surface area contributed by atoms with Crippen LogP contribution >= 0.6 is 0 Å². The number of ether oxygens (including phenoxy) is 2. The van der Waals surface area contributed by atoms with Crippen molar-refractivity contribution in [3.8, 4) is 5.75 Å². The summed E-state index contributed by atoms with van der Waals surface area (Å²) in [5.74, 6) is -2.91. The van der Waals surface area contributed by atoms with Crippen LogP contribution in [-0.4, -0.2) is 65.9 Å². The van der Waals surface area contributed by atoms with Crippen LogP contribution in [0.25, 0.3) is 0 Å². The van der Waals surface area contributed by atoms with Crippen molar-refractivity contribution in [2.45, 2.75) is 69.7 Å². The minimum absolute atomic E-state index is 0.0461. The number of tetrazole rings is 1. The fourth-order valence-electron chi connectivity index (χ4n) is 4.73. The normalized spacial score (nSPS) is 15.9. The van der Waals surface area contributed by atoms with Crippen molar-refractivity contribution < 1.29 is 37.9 Å². The highest BCUT2D eigenvalue weighted by Crippen LogP contribution is 2.33. The van der Waals surface area contributed by atoms with E-state index in [-0.39, 0.29) is 35.7 Å². The first-order chi connectivity index (χ1) is 21.1. The molecule has 0 radical (unpaired) electrons. The van der Waals surface area contributed by atoms with Crippen molar-refractivity contribution in [2.75, 3.05) is 6.54 Å². The lowest BCUT2D eigenvalue weighted by Crippen LogP contribution is -2.34. The van der Waals surface area contributed by atoms with Crippen LogP contribution in [0.1, 0.15) is 49.9 Å². The Bertz CT molecular complexity index is 1440. The highest BCUT2D eigenvalue weighted by molar-refractivity contribution is 5.79. The number of halogens is 2. The molecule has 1 amide bonds. The molecule has 1 N–H and O–H groups in total. The van der Waals surface area contributed by atoms with Crippen LogP contribution in [0, 0.1) is 10.1 Å². The van der Waals surface area contributed by atoms with Gasteiger partial charge < -0.3 is 19.5 Å². The van der Waals surface area contributed by atoms with Gasteiger partial charge in [-0.25, -0.2) is 4.79 Å². The zero-order valence-electron chi connectivity index (χ0n) is 23.7. The smallest absolute Gasteiger partial charge is 0.411 e. The van der Waals surface area contributed by atoms with E-state index in [4.69, 9.17) is 9.47 Å². The number of likely N-dealkylation sites (tertiary alicyclic amines) is 1. The van der Waals surface area contributed by atoms with E-state index in [0.29, 0.717) is 38.1 Å². The Hall–Kier alpha value is -4.79. The monoisotopic (exact) mass is 614 g/mol. The molecule has 0 bridgehead atoms. The summed E-state index contributed by atoms with van der Waals surface area (Å²) in [5, 5.41) is 32.2. The highest BCUT2D eigenvalue weighted by Gasteiger charge is 2.39. The second kappa shape index (κ2) is 15.1. The lowest BCUT2D eigenvalue weighted by Gasteiger charge is -2.24. The SMILES string of the molecule is O=C(OCn1nnnc1CCCCCCN1C(=O)CC[C@@H]1/C=C/[C@@H](O)C(F)(F)c1ccccc1)Oc1ccc([N+](=O)[O-])cc1. The summed E-state index contributed by atoms with van der Waals surface area (Å²) >= 11 is 0. The van der Waals surface area contributed by atoms with E-state index >= 15 is 0 Å². The zero-order chi connectivity index (χ0) is 31.5. The average molecular weight is 615 g/mol. The topological polar surface area (TPSA) is 163 Å². The van der Waals surface area contributed by atoms with Crippen LogP contribution in [0.5, 0.6) is 5.75 Å². The number of benzene rings is 2. The zero-order valence-corrected chi connectivity index (χ0v) is 23.7. The molecule has 1 fully saturated rings. The molecule has 13 nitrogen and oxygen atoms in total. The maximum Gasteiger partial charge on any atom is 0.515 e. The molecule has 1 aliphatic heterocycles. The molecule has 1 saturated heterocycles. The molecule has 234 valence electrons. The molecular weight excluding hydrogens is 582 g/mol. The maximum atomic E-state index is 14.6. The molecule has 0 spiro atoms. The number of alkyl halides is 2. The number of non-ortho nitro benzene ring substituents is 1. The van der Waals surface area contributed by atoms with Crippen molar-refractivity contribution >= 4 is 17.7 Å². The summed E-state index contributed by atoms with van der Waals surface area (Å²) in [6, 6.07) is 11.7. The van der Waals surface area contributed by atoms with Gasteiger partial charge in [-0.1, -0.05) is 55.3 Å². The maximum absolute atomic E-state index is 14.6. The molecule has 0 unspecified atom stereocenters. The average Bonchev–Trinajstić information content (AvgIpc) is 3.62. The number of aliphatic hydroxyl groups excluding tert-OH is 1. The number of aryl methyl sites for hydroxylation is 1. The molecule has 1 aromatic heterocycles. The summed E-state index contributed by atoms with van der Waals surface area (Å²) in [4.78, 5) is 36.2. The van der Waals surface area contributed by atoms with Gasteiger partial charge in [0.15, 0.2) is 12.6 Å². The van der Waals surface area contributed by atoms with Crippen molar-refractivity contribution in [3.63, 3.8) is 0 Å². The minimum Gasteiger partial charge on any atom is -0.411 e. The van der Waals surface area contributed by atoms with Gasteiger partial charge in [0.1, 0.15) is 11.9 Å². The van der Waals surface area contributed by atoms with Crippen molar-refractivity contribution in [1.82, 2.24) is 25.1 Å². The Morgan fingerprint density at radius 2 is 1.86 bits per heavy atom. The van der Waals surface area contributed by atoms with Gasteiger partial charge in [-0.2, -0.15) is 13.5 Å². The molecule has 0 saturated carbocycles. The first-order valence-electron chi connectivity index (χ1n) is 14.1. The predicted octanol–water partition coefficient (Wildman–Crippen LogP) is 4.56. The third-order valence-electron chi connectivity index (χ3n) is 7.13. The molecule has 4 rings (SSSR count). The van der Waals surface area contributed by atoms with Gasteiger partial charge in [-0.05, 0) is 41.8 Å². The number of carbonyl (C=O) groups excluding carboxylic acids is 2. The molecule has 2 heterocycles. The van der Waals surface area contributed by atoms with Crippen LogP contribution in [0.2, 0.25) is 0 Å². The number of nitro groups is 1. The predicted molar refractivity (Wildman–Crippen MR) is 150 cm³/mol. The number of amides is 1. The molecule has 15 heteroatoms. The van der Waals surface area contributed by atoms with Crippen LogP contribution < -0.4 is 4.74 Å². The van der Waals surface area contributed by atoms with Gasteiger partial charge >= 0.3 is 12.1 Å². The fourth-order valence-corrected chi connectivity index (χ4v) is 4.73. The van der Waals surface area contributed by atoms with E-state index in [9.17, 15) is 33.6 Å². The summed E-state index contributed by atoms with van der Waals surface area (Å²) < 4.78 is 40.5. The van der Waals surface area contributed by atoms with E-state index in [1.165, 1.54) is 59.3 Å². The number of nitrogens with zero attached hydrogens (tertiary/aromatic N) is 6. The van der Waals surface area contributed by atoms with Gasteiger partial charge in [0.05, 0.1) is 11.0 Å². The molecule has 1 aliphatic rings. The molecule has 0 aliphatic carbocycles. The number of carbonyl (C=O) groups is 2. The van der Waals surface area contributed by atoms with E-state index < -0.39 is 23.1 Å². The third kappa shape index (κ3) is 8.63. The van der Waals surface area contributed by atoms with Crippen LogP contribution in [0.15, 0.2) is 66.7 Å². The van der Waals surface area contributed by atoms with Gasteiger partial charge in [0.25, 0.3) is 5.69 Å². The standard InChI is InChI=1S/C29H32F2N6O7/c30-29(31,21-8-4-3-5-9-21)25(38)17-13-22-14-18-27(39)35(22)19-7-2-1-6-10-26-32-33-34-36(26)20-43-28(40)44-24-15-11-23(12-16-24)37(41)42/h3-5,8-9,11-13,15-17,22,25,38H,1-2,6-7,10,14,18-20H2/b17-13+/t22-,25+/m0/s1. The lowest BCUT2D eigenvalue weighted by atomic mass is 10.0. The number of rotatable bonds is 15. The van der Waals surface area contributed by atoms with Gasteiger partial charge in [-0.15, -0.1) is 5.10 Å². The number of aromatic nitrogens is 4. The Morgan fingerprint density at radius 1 is 1.14 bits per heavy atom. The van der Waals surface area contributed by atoms with E-state index in [0.717, 1.165) is 25.3 Å². The lowest BCUT2D eigenvalue weighted by molar-refractivity contribution is -0.384. The Morgan fingerprint density at radius 3 is 2.59 bits per heavy atom. The Balaban J connectivity index is 1.15. The Kier molecular flexibility index (Phi) is 11.0. The van der Waals surface area contributed by atoms with Gasteiger partial charge in [0, 0.05) is 37.1 Å².